The van der Waals surface area contributed by atoms with Crippen LogP contribution < -0.4 is 11.1 Å². The van der Waals surface area contributed by atoms with E-state index in [1.54, 1.807) is 24.7 Å². The Hall–Kier alpha value is -3.50. The molecule has 0 radical (unpaired) electrons. The van der Waals surface area contributed by atoms with Gasteiger partial charge in [0, 0.05) is 41.8 Å². The van der Waals surface area contributed by atoms with E-state index < -0.39 is 0 Å². The molecule has 1 aliphatic rings. The molecule has 2 heterocycles. The van der Waals surface area contributed by atoms with E-state index in [4.69, 9.17) is 11.0 Å². The third-order valence-corrected chi connectivity index (χ3v) is 5.02. The number of hydrogen-bond acceptors (Lipinski definition) is 6. The molecule has 1 aliphatic carbocycles. The van der Waals surface area contributed by atoms with Gasteiger partial charge in [-0.1, -0.05) is 0 Å². The topological polar surface area (TPSA) is 125 Å². The summed E-state index contributed by atoms with van der Waals surface area (Å²) >= 11 is 0. The minimum Gasteiger partial charge on any atom is -0.398 e. The number of amides is 1. The molecular weight excluding hydrogens is 354 g/mol. The Balaban J connectivity index is 1.69. The first-order chi connectivity index (χ1) is 13.6. The lowest BCUT2D eigenvalue weighted by Crippen LogP contribution is -2.15. The highest BCUT2D eigenvalue weighted by molar-refractivity contribution is 6.00. The van der Waals surface area contributed by atoms with Crippen molar-refractivity contribution in [1.29, 1.82) is 5.26 Å². The molecule has 0 bridgehead atoms. The summed E-state index contributed by atoms with van der Waals surface area (Å²) in [6, 6.07) is 9.60. The summed E-state index contributed by atoms with van der Waals surface area (Å²) < 4.78 is 0. The maximum absolute atomic E-state index is 12.2. The van der Waals surface area contributed by atoms with E-state index in [-0.39, 0.29) is 24.3 Å². The predicted octanol–water partition coefficient (Wildman–Crippen LogP) is 2.51. The first-order valence-corrected chi connectivity index (χ1v) is 9.04. The van der Waals surface area contributed by atoms with E-state index in [1.807, 2.05) is 18.2 Å². The number of hydrogen-bond donors (Lipinski definition) is 3. The molecule has 4 rings (SSSR count). The monoisotopic (exact) mass is 373 g/mol. The lowest BCUT2D eigenvalue weighted by molar-refractivity contribution is -0.117. The Kier molecular flexibility index (Phi) is 4.63. The first kappa shape index (κ1) is 17.9. The fourth-order valence-corrected chi connectivity index (χ4v) is 3.38. The van der Waals surface area contributed by atoms with Crippen LogP contribution in [0.2, 0.25) is 0 Å². The van der Waals surface area contributed by atoms with E-state index in [2.05, 4.69) is 21.4 Å². The summed E-state index contributed by atoms with van der Waals surface area (Å²) in [6.45, 7) is 0.0467. The Labute approximate surface area is 161 Å². The normalized spacial score (nSPS) is 17.9. The number of benzene rings is 1. The summed E-state index contributed by atoms with van der Waals surface area (Å²) in [4.78, 5) is 20.7. The molecule has 4 N–H and O–H groups in total. The number of nitrogens with one attached hydrogen (secondary N) is 1. The van der Waals surface area contributed by atoms with Crippen LogP contribution in [-0.4, -0.2) is 27.6 Å². The maximum Gasteiger partial charge on any atom is 0.230 e. The number of nitriles is 1. The van der Waals surface area contributed by atoms with Gasteiger partial charge in [0.05, 0.1) is 17.9 Å². The third-order valence-electron chi connectivity index (χ3n) is 5.02. The van der Waals surface area contributed by atoms with Gasteiger partial charge in [0.15, 0.2) is 0 Å². The molecule has 0 aliphatic heterocycles. The highest BCUT2D eigenvalue weighted by Crippen LogP contribution is 2.38. The number of carbonyl (C=O) groups is 1. The van der Waals surface area contributed by atoms with Crippen LogP contribution in [-0.2, 0) is 11.2 Å². The number of anilines is 2. The zero-order chi connectivity index (χ0) is 19.7. The maximum atomic E-state index is 12.2. The average Bonchev–Trinajstić information content (AvgIpc) is 3.48. The predicted molar refractivity (Wildman–Crippen MR) is 106 cm³/mol. The molecule has 1 unspecified atom stereocenters. The van der Waals surface area contributed by atoms with Crippen molar-refractivity contribution in [3.05, 3.63) is 48.4 Å². The van der Waals surface area contributed by atoms with Gasteiger partial charge in [-0.3, -0.25) is 9.78 Å². The Bertz CT molecular complexity index is 1110. The van der Waals surface area contributed by atoms with E-state index in [1.165, 1.54) is 0 Å². The van der Waals surface area contributed by atoms with Crippen LogP contribution in [0, 0.1) is 23.2 Å². The molecule has 1 fully saturated rings. The van der Waals surface area contributed by atoms with E-state index in [0.29, 0.717) is 24.3 Å². The Morgan fingerprint density at radius 2 is 2.21 bits per heavy atom. The van der Waals surface area contributed by atoms with E-state index in [0.717, 1.165) is 27.5 Å². The van der Waals surface area contributed by atoms with Gasteiger partial charge in [-0.2, -0.15) is 5.26 Å². The van der Waals surface area contributed by atoms with Gasteiger partial charge in [0.1, 0.15) is 5.82 Å². The zero-order valence-corrected chi connectivity index (χ0v) is 15.1. The number of nitrogens with two attached hydrogens (primary N) is 1. The minimum atomic E-state index is -0.254. The number of carbonyl (C=O) groups excluding carboxylic acids is 1. The standard InChI is InChI=1S/C21H19N5O2/c22-9-15-6-16(15)21(28)26-20-8-14-5-13(7-19(23)18(14)11-25-20)17-10-24-3-1-12(17)2-4-27/h1,3,5,7-8,10-11,15-16,27H,2,4,6,23H2,(H,25,26,28)/t15?,16-/m1/s1. The SMILES string of the molecule is N#CC1C[C@H]1C(=O)Nc1cc2cc(-c3cnccc3CCO)cc(N)c2cn1. The molecule has 3 aromatic rings. The summed E-state index contributed by atoms with van der Waals surface area (Å²) in [6.07, 6.45) is 6.21. The van der Waals surface area contributed by atoms with Gasteiger partial charge in [-0.25, -0.2) is 4.98 Å². The van der Waals surface area contributed by atoms with Crippen molar-refractivity contribution >= 4 is 28.2 Å². The molecule has 0 spiro atoms. The van der Waals surface area contributed by atoms with Crippen LogP contribution in [0.15, 0.2) is 42.9 Å². The van der Waals surface area contributed by atoms with Crippen molar-refractivity contribution < 1.29 is 9.90 Å². The quantitative estimate of drug-likeness (QED) is 0.590. The first-order valence-electron chi connectivity index (χ1n) is 9.04. The van der Waals surface area contributed by atoms with Crippen LogP contribution in [0.3, 0.4) is 0 Å². The van der Waals surface area contributed by atoms with Crippen LogP contribution >= 0.6 is 0 Å². The molecule has 1 amide bonds. The fraction of sp³-hybridized carbons (Fsp3) is 0.238. The van der Waals surface area contributed by atoms with Crippen molar-refractivity contribution in [2.45, 2.75) is 12.8 Å². The molecule has 7 heteroatoms. The third kappa shape index (κ3) is 3.38. The number of aromatic nitrogens is 2. The van der Waals surface area contributed by atoms with Gasteiger partial charge in [0.25, 0.3) is 0 Å². The second-order valence-electron chi connectivity index (χ2n) is 6.93. The van der Waals surface area contributed by atoms with Crippen LogP contribution in [0.4, 0.5) is 11.5 Å². The largest absolute Gasteiger partial charge is 0.398 e. The number of nitrogens with zero attached hydrogens (tertiary/aromatic N) is 3. The lowest BCUT2D eigenvalue weighted by Gasteiger charge is -2.12. The van der Waals surface area contributed by atoms with Crippen molar-refractivity contribution in [2.24, 2.45) is 11.8 Å². The van der Waals surface area contributed by atoms with Gasteiger partial charge in [0.2, 0.25) is 5.91 Å². The van der Waals surface area contributed by atoms with Crippen LogP contribution in [0.5, 0.6) is 0 Å². The van der Waals surface area contributed by atoms with Gasteiger partial charge < -0.3 is 16.2 Å². The number of aliphatic hydroxyl groups excluding tert-OH is 1. The van der Waals surface area contributed by atoms with Crippen molar-refractivity contribution in [1.82, 2.24) is 9.97 Å². The summed E-state index contributed by atoms with van der Waals surface area (Å²) in [5.74, 6) is -0.201. The van der Waals surface area contributed by atoms with Crippen LogP contribution in [0.1, 0.15) is 12.0 Å². The van der Waals surface area contributed by atoms with Crippen LogP contribution in [0.25, 0.3) is 21.9 Å². The zero-order valence-electron chi connectivity index (χ0n) is 15.1. The highest BCUT2D eigenvalue weighted by Gasteiger charge is 2.43. The summed E-state index contributed by atoms with van der Waals surface area (Å²) in [7, 11) is 0. The van der Waals surface area contributed by atoms with Gasteiger partial charge >= 0.3 is 0 Å². The summed E-state index contributed by atoms with van der Waals surface area (Å²) in [5, 5.41) is 22.6. The summed E-state index contributed by atoms with van der Waals surface area (Å²) in [5.41, 5.74) is 9.58. The van der Waals surface area contributed by atoms with E-state index >= 15 is 0 Å². The highest BCUT2D eigenvalue weighted by atomic mass is 16.3. The number of aliphatic hydroxyl groups is 1. The second kappa shape index (κ2) is 7.25. The van der Waals surface area contributed by atoms with E-state index in [9.17, 15) is 9.90 Å². The number of rotatable bonds is 5. The molecule has 7 nitrogen and oxygen atoms in total. The molecule has 2 atom stereocenters. The van der Waals surface area contributed by atoms with Crippen molar-refractivity contribution in [2.75, 3.05) is 17.7 Å². The molecule has 1 aromatic carbocycles. The molecule has 1 saturated carbocycles. The average molecular weight is 373 g/mol. The fourth-order valence-electron chi connectivity index (χ4n) is 3.38. The van der Waals surface area contributed by atoms with Crippen molar-refractivity contribution in [3.63, 3.8) is 0 Å². The van der Waals surface area contributed by atoms with Gasteiger partial charge in [-0.15, -0.1) is 0 Å². The number of nitrogen functional groups attached to an aromatic ring is 1. The number of fused-ring (bicyclic) bond motifs is 1. The van der Waals surface area contributed by atoms with Crippen molar-refractivity contribution in [3.8, 4) is 17.2 Å². The molecule has 0 saturated heterocycles. The Morgan fingerprint density at radius 1 is 1.36 bits per heavy atom. The number of pyridine rings is 2. The molecular formula is C21H19N5O2. The Morgan fingerprint density at radius 3 is 2.96 bits per heavy atom. The second-order valence-corrected chi connectivity index (χ2v) is 6.93. The molecule has 2 aromatic heterocycles. The lowest BCUT2D eigenvalue weighted by atomic mass is 9.97. The minimum absolute atomic E-state index is 0.0467. The van der Waals surface area contributed by atoms with Gasteiger partial charge in [-0.05, 0) is 53.6 Å². The smallest absolute Gasteiger partial charge is 0.230 e. The molecule has 28 heavy (non-hydrogen) atoms. The molecule has 140 valence electrons.